The highest BCUT2D eigenvalue weighted by atomic mass is 32.1. The first-order valence-electron chi connectivity index (χ1n) is 5.15. The molecule has 1 aromatic carbocycles. The van der Waals surface area contributed by atoms with Crippen molar-refractivity contribution in [2.75, 3.05) is 18.2 Å². The smallest absolute Gasteiger partial charge is 0.261 e. The molecule has 2 rings (SSSR count). The Kier molecular flexibility index (Phi) is 3.42. The molecule has 1 amide bonds. The van der Waals surface area contributed by atoms with E-state index in [-0.39, 0.29) is 5.91 Å². The van der Waals surface area contributed by atoms with Crippen molar-refractivity contribution in [3.8, 4) is 5.75 Å². The van der Waals surface area contributed by atoms with E-state index in [0.29, 0.717) is 22.1 Å². The Hall–Kier alpha value is -2.15. The van der Waals surface area contributed by atoms with Crippen molar-refractivity contribution in [1.29, 1.82) is 0 Å². The first-order chi connectivity index (χ1) is 8.61. The molecular formula is C11H12N4O2S. The second kappa shape index (κ2) is 5.01. The van der Waals surface area contributed by atoms with E-state index < -0.39 is 0 Å². The number of aryl methyl sites for hydroxylation is 1. The molecule has 0 saturated carbocycles. The molecule has 0 bridgehead atoms. The van der Waals surface area contributed by atoms with E-state index >= 15 is 0 Å². The number of hydrogen-bond donors (Lipinski definition) is 2. The van der Waals surface area contributed by atoms with Gasteiger partial charge in [0.25, 0.3) is 5.91 Å². The number of nitrogens with zero attached hydrogens (tertiary/aromatic N) is 2. The Bertz CT molecular complexity index is 582. The topological polar surface area (TPSA) is 90.1 Å². The zero-order chi connectivity index (χ0) is 13.1. The van der Waals surface area contributed by atoms with E-state index in [4.69, 9.17) is 10.5 Å². The van der Waals surface area contributed by atoms with Crippen LogP contribution in [-0.4, -0.2) is 23.2 Å². The average Bonchev–Trinajstić information content (AvgIpc) is 2.74. The number of anilines is 2. The van der Waals surface area contributed by atoms with Crippen LogP contribution < -0.4 is 15.8 Å². The van der Waals surface area contributed by atoms with Gasteiger partial charge in [-0.15, -0.1) is 10.2 Å². The number of carbonyl (C=O) groups excluding carboxylic acids is 1. The van der Waals surface area contributed by atoms with Crippen LogP contribution in [0.3, 0.4) is 0 Å². The first-order valence-corrected chi connectivity index (χ1v) is 5.97. The van der Waals surface area contributed by atoms with Gasteiger partial charge in [-0.2, -0.15) is 0 Å². The third-order valence-corrected chi connectivity index (χ3v) is 2.99. The van der Waals surface area contributed by atoms with E-state index in [1.165, 1.54) is 18.4 Å². The molecule has 2 aromatic rings. The van der Waals surface area contributed by atoms with E-state index in [2.05, 4.69) is 15.5 Å². The molecule has 0 aliphatic rings. The largest absolute Gasteiger partial charge is 0.494 e. The minimum atomic E-state index is -0.324. The second-order valence-electron chi connectivity index (χ2n) is 3.51. The number of hydrogen-bond acceptors (Lipinski definition) is 6. The van der Waals surface area contributed by atoms with Gasteiger partial charge in [0.05, 0.1) is 18.4 Å². The minimum absolute atomic E-state index is 0.324. The molecule has 0 spiro atoms. The Balaban J connectivity index is 2.26. The summed E-state index contributed by atoms with van der Waals surface area (Å²) in [6.07, 6.45) is 0. The average molecular weight is 264 g/mol. The van der Waals surface area contributed by atoms with E-state index in [9.17, 15) is 4.79 Å². The zero-order valence-corrected chi connectivity index (χ0v) is 10.7. The Morgan fingerprint density at radius 3 is 2.83 bits per heavy atom. The molecule has 0 unspecified atom stereocenters. The zero-order valence-electron chi connectivity index (χ0n) is 9.93. The van der Waals surface area contributed by atoms with Crippen molar-refractivity contribution in [2.45, 2.75) is 6.92 Å². The first kappa shape index (κ1) is 12.3. The number of para-hydroxylation sites is 1. The fraction of sp³-hybridized carbons (Fsp3) is 0.182. The molecule has 3 N–H and O–H groups in total. The van der Waals surface area contributed by atoms with Gasteiger partial charge in [-0.3, -0.25) is 10.1 Å². The van der Waals surface area contributed by atoms with Crippen molar-refractivity contribution in [3.63, 3.8) is 0 Å². The molecule has 6 nitrogen and oxygen atoms in total. The number of ether oxygens (including phenoxy) is 1. The molecular weight excluding hydrogens is 252 g/mol. The summed E-state index contributed by atoms with van der Waals surface area (Å²) in [6.45, 7) is 1.81. The SMILES string of the molecule is COc1c(N)cccc1C(=O)Nc1nnc(C)s1. The maximum absolute atomic E-state index is 12.0. The summed E-state index contributed by atoms with van der Waals surface area (Å²) in [5, 5.41) is 11.5. The monoisotopic (exact) mass is 264 g/mol. The summed E-state index contributed by atoms with van der Waals surface area (Å²) in [4.78, 5) is 12.0. The molecule has 0 saturated heterocycles. The summed E-state index contributed by atoms with van der Waals surface area (Å²) in [6, 6.07) is 5.00. The van der Waals surface area contributed by atoms with E-state index in [0.717, 1.165) is 5.01 Å². The lowest BCUT2D eigenvalue weighted by atomic mass is 10.1. The highest BCUT2D eigenvalue weighted by molar-refractivity contribution is 7.15. The van der Waals surface area contributed by atoms with Gasteiger partial charge >= 0.3 is 0 Å². The van der Waals surface area contributed by atoms with Gasteiger partial charge in [-0.25, -0.2) is 0 Å². The van der Waals surface area contributed by atoms with Crippen LogP contribution in [0, 0.1) is 6.92 Å². The van der Waals surface area contributed by atoms with Crippen molar-refractivity contribution in [1.82, 2.24) is 10.2 Å². The molecule has 94 valence electrons. The van der Waals surface area contributed by atoms with Crippen LogP contribution in [0.1, 0.15) is 15.4 Å². The number of nitrogens with two attached hydrogens (primary N) is 1. The number of nitrogens with one attached hydrogen (secondary N) is 1. The van der Waals surface area contributed by atoms with Crippen molar-refractivity contribution in [3.05, 3.63) is 28.8 Å². The van der Waals surface area contributed by atoms with Crippen LogP contribution in [0.4, 0.5) is 10.8 Å². The summed E-state index contributed by atoms with van der Waals surface area (Å²) < 4.78 is 5.12. The van der Waals surface area contributed by atoms with Crippen LogP contribution in [-0.2, 0) is 0 Å². The number of nitrogen functional groups attached to an aromatic ring is 1. The fourth-order valence-electron chi connectivity index (χ4n) is 1.47. The van der Waals surface area contributed by atoms with Crippen LogP contribution in [0.5, 0.6) is 5.75 Å². The Morgan fingerprint density at radius 2 is 2.22 bits per heavy atom. The van der Waals surface area contributed by atoms with Crippen molar-refractivity contribution < 1.29 is 9.53 Å². The highest BCUT2D eigenvalue weighted by Crippen LogP contribution is 2.27. The lowest BCUT2D eigenvalue weighted by molar-refractivity contribution is 0.102. The van der Waals surface area contributed by atoms with Crippen molar-refractivity contribution >= 4 is 28.1 Å². The number of rotatable bonds is 3. The van der Waals surface area contributed by atoms with Gasteiger partial charge < -0.3 is 10.5 Å². The van der Waals surface area contributed by atoms with Crippen LogP contribution in [0.2, 0.25) is 0 Å². The van der Waals surface area contributed by atoms with Crippen molar-refractivity contribution in [2.24, 2.45) is 0 Å². The Morgan fingerprint density at radius 1 is 1.44 bits per heavy atom. The number of carbonyl (C=O) groups is 1. The van der Waals surface area contributed by atoms with Crippen LogP contribution >= 0.6 is 11.3 Å². The third-order valence-electron chi connectivity index (χ3n) is 2.24. The molecule has 7 heteroatoms. The predicted molar refractivity (Wildman–Crippen MR) is 70.0 cm³/mol. The summed E-state index contributed by atoms with van der Waals surface area (Å²) in [5.41, 5.74) is 6.52. The van der Waals surface area contributed by atoms with Gasteiger partial charge in [-0.1, -0.05) is 17.4 Å². The quantitative estimate of drug-likeness (QED) is 0.823. The fourth-order valence-corrected chi connectivity index (χ4v) is 2.06. The minimum Gasteiger partial charge on any atom is -0.494 e. The third kappa shape index (κ3) is 2.40. The van der Waals surface area contributed by atoms with Gasteiger partial charge in [0.1, 0.15) is 5.01 Å². The maximum atomic E-state index is 12.0. The summed E-state index contributed by atoms with van der Waals surface area (Å²) in [7, 11) is 1.47. The molecule has 1 heterocycles. The van der Waals surface area contributed by atoms with Gasteiger partial charge in [0.2, 0.25) is 5.13 Å². The predicted octanol–water partition coefficient (Wildman–Crippen LogP) is 1.69. The highest BCUT2D eigenvalue weighted by Gasteiger charge is 2.15. The normalized spacial score (nSPS) is 10.1. The molecule has 0 aliphatic heterocycles. The lowest BCUT2D eigenvalue weighted by Crippen LogP contribution is -2.13. The van der Waals surface area contributed by atoms with Gasteiger partial charge in [0, 0.05) is 0 Å². The van der Waals surface area contributed by atoms with E-state index in [1.54, 1.807) is 18.2 Å². The molecule has 0 fully saturated rings. The molecule has 0 radical (unpaired) electrons. The number of methoxy groups -OCH3 is 1. The number of amides is 1. The van der Waals surface area contributed by atoms with Crippen LogP contribution in [0.25, 0.3) is 0 Å². The molecule has 1 aromatic heterocycles. The number of aromatic nitrogens is 2. The summed E-state index contributed by atoms with van der Waals surface area (Å²) >= 11 is 1.30. The van der Waals surface area contributed by atoms with Gasteiger partial charge in [0.15, 0.2) is 5.75 Å². The molecule has 0 atom stereocenters. The van der Waals surface area contributed by atoms with Gasteiger partial charge in [-0.05, 0) is 19.1 Å². The summed E-state index contributed by atoms with van der Waals surface area (Å²) in [5.74, 6) is 0.0338. The number of benzene rings is 1. The lowest BCUT2D eigenvalue weighted by Gasteiger charge is -2.09. The standard InChI is InChI=1S/C11H12N4O2S/c1-6-14-15-11(18-6)13-10(16)7-4-3-5-8(12)9(7)17-2/h3-5H,12H2,1-2H3,(H,13,15,16). The van der Waals surface area contributed by atoms with E-state index in [1.807, 2.05) is 6.92 Å². The molecule has 0 aliphatic carbocycles. The molecule has 18 heavy (non-hydrogen) atoms. The second-order valence-corrected chi connectivity index (χ2v) is 4.69. The maximum Gasteiger partial charge on any atom is 0.261 e. The van der Waals surface area contributed by atoms with Crippen LogP contribution in [0.15, 0.2) is 18.2 Å². The Labute approximate surface area is 108 Å².